The van der Waals surface area contributed by atoms with Crippen molar-refractivity contribution in [1.82, 2.24) is 15.5 Å². The van der Waals surface area contributed by atoms with Gasteiger partial charge in [-0.25, -0.2) is 0 Å². The van der Waals surface area contributed by atoms with E-state index < -0.39 is 0 Å². The van der Waals surface area contributed by atoms with Crippen LogP contribution in [-0.2, 0) is 0 Å². The molecule has 0 aromatic carbocycles. The average Bonchev–Trinajstić information content (AvgIpc) is 2.89. The SMILES string of the molecule is CC(N)CCNC(=O)c1cc(-c2cccnc2)on1.Cl.Cl. The molecule has 2 aromatic heterocycles. The molecule has 8 heteroatoms. The fraction of sp³-hybridized carbons (Fsp3) is 0.308. The number of rotatable bonds is 5. The number of carbonyl (C=O) groups excluding carboxylic acids is 1. The van der Waals surface area contributed by atoms with E-state index in [9.17, 15) is 4.79 Å². The maximum Gasteiger partial charge on any atom is 0.273 e. The zero-order valence-corrected chi connectivity index (χ0v) is 13.1. The van der Waals surface area contributed by atoms with Crippen LogP contribution in [0.4, 0.5) is 0 Å². The molecule has 2 rings (SSSR count). The van der Waals surface area contributed by atoms with Crippen LogP contribution in [0.2, 0.25) is 0 Å². The minimum absolute atomic E-state index is 0. The molecule has 1 atom stereocenters. The van der Waals surface area contributed by atoms with Gasteiger partial charge in [0.15, 0.2) is 11.5 Å². The first kappa shape index (κ1) is 19.4. The van der Waals surface area contributed by atoms with Crippen molar-refractivity contribution in [3.05, 3.63) is 36.3 Å². The lowest BCUT2D eigenvalue weighted by Crippen LogP contribution is -2.29. The van der Waals surface area contributed by atoms with Crippen molar-refractivity contribution in [2.45, 2.75) is 19.4 Å². The fourth-order valence-electron chi connectivity index (χ4n) is 1.53. The van der Waals surface area contributed by atoms with E-state index in [0.29, 0.717) is 12.3 Å². The fourth-order valence-corrected chi connectivity index (χ4v) is 1.53. The molecule has 0 aliphatic heterocycles. The third-order valence-corrected chi connectivity index (χ3v) is 2.57. The number of carbonyl (C=O) groups is 1. The Bertz CT molecular complexity index is 546. The van der Waals surface area contributed by atoms with E-state index in [1.165, 1.54) is 0 Å². The Kier molecular flexibility index (Phi) is 8.61. The van der Waals surface area contributed by atoms with E-state index >= 15 is 0 Å². The first-order valence-electron chi connectivity index (χ1n) is 6.07. The molecule has 0 spiro atoms. The van der Waals surface area contributed by atoms with Crippen molar-refractivity contribution >= 4 is 30.7 Å². The van der Waals surface area contributed by atoms with Crippen LogP contribution in [0.15, 0.2) is 35.1 Å². The van der Waals surface area contributed by atoms with Gasteiger partial charge in [-0.2, -0.15) is 0 Å². The number of amides is 1. The summed E-state index contributed by atoms with van der Waals surface area (Å²) in [7, 11) is 0. The monoisotopic (exact) mass is 332 g/mol. The number of halogens is 2. The number of hydrogen-bond donors (Lipinski definition) is 2. The van der Waals surface area contributed by atoms with Crippen LogP contribution in [-0.4, -0.2) is 28.6 Å². The molecule has 0 radical (unpaired) electrons. The summed E-state index contributed by atoms with van der Waals surface area (Å²) in [5.41, 5.74) is 6.64. The summed E-state index contributed by atoms with van der Waals surface area (Å²) >= 11 is 0. The third kappa shape index (κ3) is 5.71. The second kappa shape index (κ2) is 9.33. The molecule has 116 valence electrons. The lowest BCUT2D eigenvalue weighted by atomic mass is 10.2. The molecule has 0 saturated heterocycles. The minimum atomic E-state index is -0.264. The van der Waals surface area contributed by atoms with Crippen LogP contribution in [0.25, 0.3) is 11.3 Å². The van der Waals surface area contributed by atoms with E-state index in [-0.39, 0.29) is 42.5 Å². The second-order valence-electron chi connectivity index (χ2n) is 4.34. The summed E-state index contributed by atoms with van der Waals surface area (Å²) in [5.74, 6) is 0.255. The van der Waals surface area contributed by atoms with E-state index in [0.717, 1.165) is 12.0 Å². The van der Waals surface area contributed by atoms with Gasteiger partial charge >= 0.3 is 0 Å². The molecule has 0 aliphatic carbocycles. The Morgan fingerprint density at radius 3 is 2.86 bits per heavy atom. The molecule has 1 unspecified atom stereocenters. The highest BCUT2D eigenvalue weighted by molar-refractivity contribution is 5.93. The number of pyridine rings is 1. The van der Waals surface area contributed by atoms with Gasteiger partial charge < -0.3 is 15.6 Å². The van der Waals surface area contributed by atoms with Gasteiger partial charge in [-0.05, 0) is 25.5 Å². The van der Waals surface area contributed by atoms with Crippen LogP contribution >= 0.6 is 24.8 Å². The van der Waals surface area contributed by atoms with Crippen molar-refractivity contribution in [2.24, 2.45) is 5.73 Å². The molecule has 0 saturated carbocycles. The van der Waals surface area contributed by atoms with E-state index in [2.05, 4.69) is 15.5 Å². The van der Waals surface area contributed by atoms with Crippen molar-refractivity contribution in [3.8, 4) is 11.3 Å². The van der Waals surface area contributed by atoms with Gasteiger partial charge in [0.05, 0.1) is 0 Å². The highest BCUT2D eigenvalue weighted by atomic mass is 35.5. The number of aromatic nitrogens is 2. The Morgan fingerprint density at radius 2 is 2.24 bits per heavy atom. The molecule has 2 aromatic rings. The first-order valence-corrected chi connectivity index (χ1v) is 6.07. The lowest BCUT2D eigenvalue weighted by molar-refractivity contribution is 0.0944. The molecule has 6 nitrogen and oxygen atoms in total. The quantitative estimate of drug-likeness (QED) is 0.873. The van der Waals surface area contributed by atoms with Crippen LogP contribution in [0, 0.1) is 0 Å². The lowest BCUT2D eigenvalue weighted by Gasteiger charge is -2.04. The second-order valence-corrected chi connectivity index (χ2v) is 4.34. The van der Waals surface area contributed by atoms with Gasteiger partial charge in [0.2, 0.25) is 0 Å². The molecular weight excluding hydrogens is 315 g/mol. The molecular formula is C13H18Cl2N4O2. The van der Waals surface area contributed by atoms with Crippen LogP contribution in [0.1, 0.15) is 23.8 Å². The molecule has 1 amide bonds. The van der Waals surface area contributed by atoms with Gasteiger partial charge in [0.1, 0.15) is 0 Å². The average molecular weight is 333 g/mol. The number of nitrogens with one attached hydrogen (secondary N) is 1. The van der Waals surface area contributed by atoms with Gasteiger partial charge in [0, 0.05) is 36.6 Å². The highest BCUT2D eigenvalue weighted by Gasteiger charge is 2.13. The van der Waals surface area contributed by atoms with Gasteiger partial charge in [0.25, 0.3) is 5.91 Å². The van der Waals surface area contributed by atoms with Crippen molar-refractivity contribution < 1.29 is 9.32 Å². The van der Waals surface area contributed by atoms with Crippen molar-refractivity contribution in [2.75, 3.05) is 6.54 Å². The maximum atomic E-state index is 11.8. The Balaban J connectivity index is 0.00000200. The van der Waals surface area contributed by atoms with Crippen LogP contribution < -0.4 is 11.1 Å². The molecule has 0 aliphatic rings. The largest absolute Gasteiger partial charge is 0.355 e. The predicted octanol–water partition coefficient (Wildman–Crippen LogP) is 2.05. The Hall–Kier alpha value is -1.63. The number of hydrogen-bond acceptors (Lipinski definition) is 5. The molecule has 21 heavy (non-hydrogen) atoms. The van der Waals surface area contributed by atoms with Gasteiger partial charge in [-0.15, -0.1) is 24.8 Å². The van der Waals surface area contributed by atoms with E-state index in [1.807, 2.05) is 13.0 Å². The molecule has 3 N–H and O–H groups in total. The summed E-state index contributed by atoms with van der Waals surface area (Å²) in [4.78, 5) is 15.8. The molecule has 2 heterocycles. The number of nitrogens with zero attached hydrogens (tertiary/aromatic N) is 2. The molecule has 0 bridgehead atoms. The zero-order valence-electron chi connectivity index (χ0n) is 11.5. The van der Waals surface area contributed by atoms with Crippen LogP contribution in [0.3, 0.4) is 0 Å². The minimum Gasteiger partial charge on any atom is -0.355 e. The third-order valence-electron chi connectivity index (χ3n) is 2.57. The summed E-state index contributed by atoms with van der Waals surface area (Å²) in [6.45, 7) is 2.41. The standard InChI is InChI=1S/C13H16N4O2.2ClH/c1-9(14)4-6-16-13(18)11-7-12(19-17-11)10-3-2-5-15-8-10;;/h2-3,5,7-9H,4,6,14H2,1H3,(H,16,18);2*1H. The zero-order chi connectivity index (χ0) is 13.7. The summed E-state index contributed by atoms with van der Waals surface area (Å²) in [6.07, 6.45) is 4.04. The summed E-state index contributed by atoms with van der Waals surface area (Å²) < 4.78 is 5.12. The maximum absolute atomic E-state index is 11.8. The van der Waals surface area contributed by atoms with Crippen LogP contribution in [0.5, 0.6) is 0 Å². The van der Waals surface area contributed by atoms with Gasteiger partial charge in [-0.1, -0.05) is 5.16 Å². The van der Waals surface area contributed by atoms with E-state index in [4.69, 9.17) is 10.3 Å². The topological polar surface area (TPSA) is 94.0 Å². The van der Waals surface area contributed by atoms with Crippen molar-refractivity contribution in [1.29, 1.82) is 0 Å². The Morgan fingerprint density at radius 1 is 1.48 bits per heavy atom. The summed E-state index contributed by atoms with van der Waals surface area (Å²) in [5, 5.41) is 6.48. The normalized spacial score (nSPS) is 11.0. The van der Waals surface area contributed by atoms with Gasteiger partial charge in [-0.3, -0.25) is 9.78 Å². The van der Waals surface area contributed by atoms with E-state index in [1.54, 1.807) is 24.5 Å². The summed E-state index contributed by atoms with van der Waals surface area (Å²) in [6, 6.07) is 5.28. The predicted molar refractivity (Wildman–Crippen MR) is 84.8 cm³/mol. The Labute approximate surface area is 135 Å². The smallest absolute Gasteiger partial charge is 0.273 e. The van der Waals surface area contributed by atoms with Crippen molar-refractivity contribution in [3.63, 3.8) is 0 Å². The highest BCUT2D eigenvalue weighted by Crippen LogP contribution is 2.18. The number of nitrogens with two attached hydrogens (primary N) is 1. The first-order chi connectivity index (χ1) is 9.16. The molecule has 0 fully saturated rings.